The molecule has 0 aliphatic carbocycles. The van der Waals surface area contributed by atoms with Crippen LogP contribution in [0.1, 0.15) is 125 Å². The molecule has 0 aromatic rings. The second kappa shape index (κ2) is 16.1. The molecule has 1 heterocycles. The monoisotopic (exact) mass is 535 g/mol. The summed E-state index contributed by atoms with van der Waals surface area (Å²) in [6.07, 6.45) is 15.5. The van der Waals surface area contributed by atoms with Gasteiger partial charge in [-0.25, -0.2) is 4.79 Å². The van der Waals surface area contributed by atoms with Crippen LogP contribution in [-0.2, 0) is 28.5 Å². The van der Waals surface area contributed by atoms with Gasteiger partial charge in [-0.2, -0.15) is 8.42 Å². The van der Waals surface area contributed by atoms with Gasteiger partial charge in [0.05, 0.1) is 25.0 Å². The van der Waals surface area contributed by atoms with Crippen LogP contribution in [-0.4, -0.2) is 57.0 Å². The maximum atomic E-state index is 12.5. The molecule has 0 radical (unpaired) electrons. The van der Waals surface area contributed by atoms with Gasteiger partial charge < -0.3 is 19.5 Å². The zero-order valence-corrected chi connectivity index (χ0v) is 24.7. The van der Waals surface area contributed by atoms with Crippen LogP contribution in [0.15, 0.2) is 0 Å². The highest BCUT2D eigenvalue weighted by molar-refractivity contribution is 7.85. The summed E-state index contributed by atoms with van der Waals surface area (Å²) >= 11 is 0. The number of amides is 1. The number of rotatable bonds is 18. The number of nitrogens with one attached hydrogen (secondary N) is 1. The number of carbonyl (C=O) groups excluding carboxylic acids is 1. The fraction of sp³-hybridized carbons (Fsp3) is 0.963. The van der Waals surface area contributed by atoms with Crippen LogP contribution >= 0.6 is 0 Å². The van der Waals surface area contributed by atoms with Crippen molar-refractivity contribution in [2.75, 3.05) is 12.9 Å². The highest BCUT2D eigenvalue weighted by atomic mass is 32.2. The van der Waals surface area contributed by atoms with E-state index in [2.05, 4.69) is 12.2 Å². The van der Waals surface area contributed by atoms with Crippen LogP contribution in [0.2, 0.25) is 0 Å². The van der Waals surface area contributed by atoms with Gasteiger partial charge in [-0.3, -0.25) is 4.18 Å². The Kier molecular flexibility index (Phi) is 14.9. The van der Waals surface area contributed by atoms with Crippen molar-refractivity contribution < 1.29 is 31.6 Å². The van der Waals surface area contributed by atoms with Gasteiger partial charge in [0.1, 0.15) is 11.7 Å². The topological polar surface area (TPSA) is 100 Å². The summed E-state index contributed by atoms with van der Waals surface area (Å²) in [5, 5.41) is 2.75. The molecule has 1 saturated heterocycles. The second-order valence-electron chi connectivity index (χ2n) is 11.6. The molecule has 0 spiro atoms. The van der Waals surface area contributed by atoms with E-state index < -0.39 is 39.7 Å². The van der Waals surface area contributed by atoms with Crippen molar-refractivity contribution in [3.05, 3.63) is 0 Å². The van der Waals surface area contributed by atoms with Gasteiger partial charge in [0.25, 0.3) is 10.1 Å². The van der Waals surface area contributed by atoms with E-state index in [1.165, 1.54) is 64.2 Å². The molecule has 214 valence electrons. The number of hydrogen-bond donors (Lipinski definition) is 1. The van der Waals surface area contributed by atoms with E-state index in [9.17, 15) is 13.2 Å². The maximum Gasteiger partial charge on any atom is 0.408 e. The minimum atomic E-state index is -3.69. The Morgan fingerprint density at radius 3 is 1.89 bits per heavy atom. The van der Waals surface area contributed by atoms with Crippen molar-refractivity contribution in [1.29, 1.82) is 0 Å². The Balaban J connectivity index is 2.53. The zero-order chi connectivity index (χ0) is 27.2. The highest BCUT2D eigenvalue weighted by Crippen LogP contribution is 2.33. The predicted molar refractivity (Wildman–Crippen MR) is 143 cm³/mol. The van der Waals surface area contributed by atoms with Crippen LogP contribution in [0, 0.1) is 0 Å². The SMILES string of the molecule is CCCCCCCCCCCCCCC1OC(C)(C)O[C@H]1[C@H](COS(C)(=O)=O)NC(=O)OC(C)(C)C. The van der Waals surface area contributed by atoms with Gasteiger partial charge in [-0.15, -0.1) is 0 Å². The van der Waals surface area contributed by atoms with E-state index in [-0.39, 0.29) is 12.7 Å². The molecule has 3 atom stereocenters. The van der Waals surface area contributed by atoms with Crippen molar-refractivity contribution in [3.63, 3.8) is 0 Å². The Bertz CT molecular complexity index is 718. The van der Waals surface area contributed by atoms with E-state index in [1.54, 1.807) is 20.8 Å². The number of hydrogen-bond acceptors (Lipinski definition) is 7. The third-order valence-electron chi connectivity index (χ3n) is 6.12. The second-order valence-corrected chi connectivity index (χ2v) is 13.2. The number of ether oxygens (including phenoxy) is 3. The lowest BCUT2D eigenvalue weighted by atomic mass is 9.99. The fourth-order valence-corrected chi connectivity index (χ4v) is 4.88. The minimum absolute atomic E-state index is 0.253. The molecule has 0 aromatic heterocycles. The molecule has 9 heteroatoms. The molecule has 0 saturated carbocycles. The fourth-order valence-electron chi connectivity index (χ4n) is 4.49. The summed E-state index contributed by atoms with van der Waals surface area (Å²) in [5.74, 6) is -0.842. The minimum Gasteiger partial charge on any atom is -0.444 e. The van der Waals surface area contributed by atoms with Crippen molar-refractivity contribution in [2.24, 2.45) is 0 Å². The first-order chi connectivity index (χ1) is 16.7. The molecule has 1 rings (SSSR count). The van der Waals surface area contributed by atoms with Gasteiger partial charge in [-0.1, -0.05) is 84.0 Å². The molecular formula is C27H53NO7S. The Morgan fingerprint density at radius 1 is 0.917 bits per heavy atom. The zero-order valence-electron chi connectivity index (χ0n) is 23.9. The molecule has 1 aliphatic rings. The highest BCUT2D eigenvalue weighted by Gasteiger charge is 2.45. The van der Waals surface area contributed by atoms with Gasteiger partial charge in [0, 0.05) is 0 Å². The average molecular weight is 536 g/mol. The lowest BCUT2D eigenvalue weighted by Gasteiger charge is -2.28. The Labute approximate surface area is 220 Å². The van der Waals surface area contributed by atoms with Crippen LogP contribution in [0.5, 0.6) is 0 Å². The van der Waals surface area contributed by atoms with E-state index in [4.69, 9.17) is 18.4 Å². The lowest BCUT2D eigenvalue weighted by Crippen LogP contribution is -2.51. The van der Waals surface area contributed by atoms with Gasteiger partial charge in [0.15, 0.2) is 5.79 Å². The largest absolute Gasteiger partial charge is 0.444 e. The molecule has 36 heavy (non-hydrogen) atoms. The quantitative estimate of drug-likeness (QED) is 0.159. The van der Waals surface area contributed by atoms with E-state index in [1.807, 2.05) is 13.8 Å². The van der Waals surface area contributed by atoms with Crippen LogP contribution in [0.4, 0.5) is 4.79 Å². The maximum absolute atomic E-state index is 12.5. The van der Waals surface area contributed by atoms with Gasteiger partial charge >= 0.3 is 6.09 Å². The molecule has 0 aromatic carbocycles. The molecule has 8 nitrogen and oxygen atoms in total. The molecule has 1 N–H and O–H groups in total. The van der Waals surface area contributed by atoms with Gasteiger partial charge in [-0.05, 0) is 41.0 Å². The normalized spacial score (nSPS) is 20.9. The molecule has 1 fully saturated rings. The summed E-state index contributed by atoms with van der Waals surface area (Å²) in [7, 11) is -3.69. The summed E-state index contributed by atoms with van der Waals surface area (Å²) in [5.41, 5.74) is -0.687. The molecular weight excluding hydrogens is 482 g/mol. The third-order valence-corrected chi connectivity index (χ3v) is 6.69. The van der Waals surface area contributed by atoms with E-state index >= 15 is 0 Å². The van der Waals surface area contributed by atoms with Crippen molar-refractivity contribution in [2.45, 2.75) is 155 Å². The van der Waals surface area contributed by atoms with E-state index in [0.29, 0.717) is 0 Å². The van der Waals surface area contributed by atoms with Crippen molar-refractivity contribution >= 4 is 16.2 Å². The number of unbranched alkanes of at least 4 members (excludes halogenated alkanes) is 11. The Morgan fingerprint density at radius 2 is 1.42 bits per heavy atom. The number of carbonyl (C=O) groups is 1. The van der Waals surface area contributed by atoms with Crippen molar-refractivity contribution in [3.8, 4) is 0 Å². The van der Waals surface area contributed by atoms with E-state index in [0.717, 1.165) is 25.5 Å². The first kappa shape index (κ1) is 33.1. The first-order valence-corrected chi connectivity index (χ1v) is 15.7. The average Bonchev–Trinajstić information content (AvgIpc) is 3.04. The standard InChI is InChI=1S/C27H53NO7S/c1-8-9-10-11-12-13-14-15-16-17-18-19-20-23-24(34-27(5,6)33-23)22(21-32-36(7,30)31)28-25(29)35-26(2,3)4/h22-24H,8-21H2,1-7H3,(H,28,29)/t22-,23?,24-/m0/s1. The molecule has 0 bridgehead atoms. The first-order valence-electron chi connectivity index (χ1n) is 13.9. The smallest absolute Gasteiger partial charge is 0.408 e. The van der Waals surface area contributed by atoms with Crippen LogP contribution in [0.25, 0.3) is 0 Å². The lowest BCUT2D eigenvalue weighted by molar-refractivity contribution is -0.149. The summed E-state index contributed by atoms with van der Waals surface area (Å²) < 4.78 is 45.9. The number of alkyl carbamates (subject to hydrolysis) is 1. The third kappa shape index (κ3) is 16.0. The molecule has 1 amide bonds. The Hall–Kier alpha value is -0.900. The van der Waals surface area contributed by atoms with Gasteiger partial charge in [0.2, 0.25) is 0 Å². The summed E-state index contributed by atoms with van der Waals surface area (Å²) in [6, 6.07) is -0.737. The summed E-state index contributed by atoms with van der Waals surface area (Å²) in [6.45, 7) is 10.9. The molecule has 1 unspecified atom stereocenters. The predicted octanol–water partition coefficient (Wildman–Crippen LogP) is 6.47. The summed E-state index contributed by atoms with van der Waals surface area (Å²) in [4.78, 5) is 12.5. The van der Waals surface area contributed by atoms with Crippen LogP contribution < -0.4 is 5.32 Å². The van der Waals surface area contributed by atoms with Crippen LogP contribution in [0.3, 0.4) is 0 Å². The van der Waals surface area contributed by atoms with Crippen molar-refractivity contribution in [1.82, 2.24) is 5.32 Å². The molecule has 1 aliphatic heterocycles.